The van der Waals surface area contributed by atoms with Gasteiger partial charge in [-0.3, -0.25) is 0 Å². The molecule has 0 aliphatic carbocycles. The molecule has 3 N–H and O–H groups in total. The monoisotopic (exact) mass is 282 g/mol. The Kier molecular flexibility index (Phi) is 3.01. The number of anilines is 1. The van der Waals surface area contributed by atoms with Crippen LogP contribution in [0.25, 0.3) is 10.9 Å². The standard InChI is InChI=1S/C13H13F3N4/c14-13(15,16)8-1-2-10-9(5-8)11(20-12(17)19-10)7-3-4-18-6-7/h1-2,5,7,18H,3-4,6H2,(H2,17,19,20). The van der Waals surface area contributed by atoms with E-state index in [1.165, 1.54) is 6.07 Å². The van der Waals surface area contributed by atoms with Gasteiger partial charge in [0.1, 0.15) is 0 Å². The van der Waals surface area contributed by atoms with Gasteiger partial charge in [0, 0.05) is 17.8 Å². The molecule has 1 atom stereocenters. The first-order valence-corrected chi connectivity index (χ1v) is 6.30. The molecule has 20 heavy (non-hydrogen) atoms. The van der Waals surface area contributed by atoms with E-state index in [1.807, 2.05) is 0 Å². The maximum Gasteiger partial charge on any atom is 0.416 e. The number of rotatable bonds is 1. The van der Waals surface area contributed by atoms with Gasteiger partial charge in [-0.2, -0.15) is 13.2 Å². The van der Waals surface area contributed by atoms with Gasteiger partial charge in [-0.25, -0.2) is 9.97 Å². The Labute approximate surface area is 113 Å². The first kappa shape index (κ1) is 13.1. The van der Waals surface area contributed by atoms with Crippen molar-refractivity contribution >= 4 is 16.9 Å². The average molecular weight is 282 g/mol. The van der Waals surface area contributed by atoms with E-state index in [1.54, 1.807) is 0 Å². The molecule has 1 unspecified atom stereocenters. The van der Waals surface area contributed by atoms with E-state index in [4.69, 9.17) is 5.73 Å². The van der Waals surface area contributed by atoms with Gasteiger partial charge < -0.3 is 11.1 Å². The number of fused-ring (bicyclic) bond motifs is 1. The maximum absolute atomic E-state index is 12.8. The molecule has 0 radical (unpaired) electrons. The molecule has 4 nitrogen and oxygen atoms in total. The number of aromatic nitrogens is 2. The highest BCUT2D eigenvalue weighted by atomic mass is 19.4. The molecule has 2 aromatic rings. The lowest BCUT2D eigenvalue weighted by molar-refractivity contribution is -0.137. The van der Waals surface area contributed by atoms with Crippen LogP contribution < -0.4 is 11.1 Å². The third kappa shape index (κ3) is 2.29. The zero-order valence-corrected chi connectivity index (χ0v) is 10.5. The molecule has 3 rings (SSSR count). The van der Waals surface area contributed by atoms with Crippen LogP contribution in [0.4, 0.5) is 19.1 Å². The van der Waals surface area contributed by atoms with E-state index in [2.05, 4.69) is 15.3 Å². The predicted octanol–water partition coefficient (Wildman–Crippen LogP) is 2.31. The molecule has 0 saturated carbocycles. The summed E-state index contributed by atoms with van der Waals surface area (Å²) >= 11 is 0. The summed E-state index contributed by atoms with van der Waals surface area (Å²) in [6.45, 7) is 1.52. The van der Waals surface area contributed by atoms with E-state index in [0.29, 0.717) is 23.1 Å². The molecular formula is C13H13F3N4. The average Bonchev–Trinajstić information content (AvgIpc) is 2.89. The highest BCUT2D eigenvalue weighted by Gasteiger charge is 2.31. The smallest absolute Gasteiger partial charge is 0.368 e. The Bertz CT molecular complexity index is 648. The topological polar surface area (TPSA) is 63.8 Å². The minimum absolute atomic E-state index is 0.0753. The molecule has 106 valence electrons. The van der Waals surface area contributed by atoms with Crippen molar-refractivity contribution in [1.29, 1.82) is 0 Å². The van der Waals surface area contributed by atoms with Gasteiger partial charge in [0.2, 0.25) is 5.95 Å². The van der Waals surface area contributed by atoms with Crippen LogP contribution >= 0.6 is 0 Å². The zero-order valence-electron chi connectivity index (χ0n) is 10.5. The fourth-order valence-corrected chi connectivity index (χ4v) is 2.55. The van der Waals surface area contributed by atoms with Crippen molar-refractivity contribution in [3.05, 3.63) is 29.5 Å². The molecule has 1 aromatic heterocycles. The Morgan fingerprint density at radius 2 is 2.05 bits per heavy atom. The number of hydrogen-bond donors (Lipinski definition) is 2. The summed E-state index contributed by atoms with van der Waals surface area (Å²) < 4.78 is 38.5. The molecule has 1 saturated heterocycles. The van der Waals surface area contributed by atoms with Crippen molar-refractivity contribution in [1.82, 2.24) is 15.3 Å². The van der Waals surface area contributed by atoms with Gasteiger partial charge in [-0.05, 0) is 31.2 Å². The zero-order chi connectivity index (χ0) is 14.3. The Morgan fingerprint density at radius 3 is 2.70 bits per heavy atom. The fourth-order valence-electron chi connectivity index (χ4n) is 2.55. The quantitative estimate of drug-likeness (QED) is 0.842. The van der Waals surface area contributed by atoms with Crippen LogP contribution in [0.2, 0.25) is 0 Å². The summed E-state index contributed by atoms with van der Waals surface area (Å²) in [5.41, 5.74) is 6.01. The highest BCUT2D eigenvalue weighted by Crippen LogP contribution is 2.34. The van der Waals surface area contributed by atoms with E-state index < -0.39 is 11.7 Å². The number of nitrogens with one attached hydrogen (secondary N) is 1. The van der Waals surface area contributed by atoms with E-state index in [-0.39, 0.29) is 11.9 Å². The Morgan fingerprint density at radius 1 is 1.25 bits per heavy atom. The summed E-state index contributed by atoms with van der Waals surface area (Å²) in [4.78, 5) is 8.18. The van der Waals surface area contributed by atoms with Gasteiger partial charge in [0.15, 0.2) is 0 Å². The number of benzene rings is 1. The molecule has 1 aliphatic rings. The Balaban J connectivity index is 2.20. The first-order chi connectivity index (χ1) is 9.45. The number of halogens is 3. The fraction of sp³-hybridized carbons (Fsp3) is 0.385. The number of nitrogens with zero attached hydrogens (tertiary/aromatic N) is 2. The maximum atomic E-state index is 12.8. The number of hydrogen-bond acceptors (Lipinski definition) is 4. The molecule has 0 bridgehead atoms. The van der Waals surface area contributed by atoms with Crippen molar-refractivity contribution in [2.75, 3.05) is 18.8 Å². The van der Waals surface area contributed by atoms with Crippen molar-refractivity contribution in [3.63, 3.8) is 0 Å². The van der Waals surface area contributed by atoms with Crippen LogP contribution in [0, 0.1) is 0 Å². The number of alkyl halides is 3. The lowest BCUT2D eigenvalue weighted by atomic mass is 9.99. The van der Waals surface area contributed by atoms with Crippen molar-refractivity contribution in [3.8, 4) is 0 Å². The van der Waals surface area contributed by atoms with Gasteiger partial charge in [0.25, 0.3) is 0 Å². The van der Waals surface area contributed by atoms with Crippen LogP contribution in [0.3, 0.4) is 0 Å². The minimum atomic E-state index is -4.37. The second kappa shape index (κ2) is 4.59. The van der Waals surface area contributed by atoms with Crippen LogP contribution in [0.5, 0.6) is 0 Å². The summed E-state index contributed by atoms with van der Waals surface area (Å²) in [7, 11) is 0. The van der Waals surface area contributed by atoms with E-state index in [9.17, 15) is 13.2 Å². The van der Waals surface area contributed by atoms with E-state index >= 15 is 0 Å². The van der Waals surface area contributed by atoms with Crippen molar-refractivity contribution < 1.29 is 13.2 Å². The van der Waals surface area contributed by atoms with Gasteiger partial charge in [-0.15, -0.1) is 0 Å². The lowest BCUT2D eigenvalue weighted by Crippen LogP contribution is -2.11. The molecule has 1 fully saturated rings. The van der Waals surface area contributed by atoms with Gasteiger partial charge in [0.05, 0.1) is 16.8 Å². The molecule has 1 aliphatic heterocycles. The molecule has 0 spiro atoms. The second-order valence-corrected chi connectivity index (χ2v) is 4.89. The van der Waals surface area contributed by atoms with Crippen LogP contribution in [0.15, 0.2) is 18.2 Å². The lowest BCUT2D eigenvalue weighted by Gasteiger charge is -2.14. The first-order valence-electron chi connectivity index (χ1n) is 6.30. The molecule has 1 aromatic carbocycles. The normalized spacial score (nSPS) is 19.6. The van der Waals surface area contributed by atoms with Crippen LogP contribution in [-0.2, 0) is 6.18 Å². The largest absolute Gasteiger partial charge is 0.416 e. The number of nitrogen functional groups attached to an aromatic ring is 1. The van der Waals surface area contributed by atoms with Gasteiger partial charge in [-0.1, -0.05) is 0 Å². The highest BCUT2D eigenvalue weighted by molar-refractivity contribution is 5.83. The summed E-state index contributed by atoms with van der Waals surface area (Å²) in [5.74, 6) is 0.172. The van der Waals surface area contributed by atoms with E-state index in [0.717, 1.165) is 25.1 Å². The molecule has 7 heteroatoms. The van der Waals surface area contributed by atoms with Gasteiger partial charge >= 0.3 is 6.18 Å². The number of nitrogens with two attached hydrogens (primary N) is 1. The van der Waals surface area contributed by atoms with Crippen molar-refractivity contribution in [2.24, 2.45) is 0 Å². The second-order valence-electron chi connectivity index (χ2n) is 4.89. The minimum Gasteiger partial charge on any atom is -0.368 e. The summed E-state index contributed by atoms with van der Waals surface area (Å²) in [6, 6.07) is 3.48. The Hall–Kier alpha value is -1.89. The van der Waals surface area contributed by atoms with Crippen molar-refractivity contribution in [2.45, 2.75) is 18.5 Å². The molecular weight excluding hydrogens is 269 g/mol. The van der Waals surface area contributed by atoms with Crippen LogP contribution in [0.1, 0.15) is 23.6 Å². The predicted molar refractivity (Wildman–Crippen MR) is 69.2 cm³/mol. The third-order valence-corrected chi connectivity index (χ3v) is 3.52. The van der Waals surface area contributed by atoms with Crippen LogP contribution in [-0.4, -0.2) is 23.1 Å². The summed E-state index contributed by atoms with van der Waals surface area (Å²) in [5, 5.41) is 3.61. The third-order valence-electron chi connectivity index (χ3n) is 3.52. The molecule has 2 heterocycles. The molecule has 0 amide bonds. The summed E-state index contributed by atoms with van der Waals surface area (Å²) in [6.07, 6.45) is -3.54. The SMILES string of the molecule is Nc1nc(C2CCNC2)c2cc(C(F)(F)F)ccc2n1.